The first kappa shape index (κ1) is 15.0. The van der Waals surface area contributed by atoms with Crippen LogP contribution in [0, 0.1) is 15.9 Å². The molecule has 7 heteroatoms. The Labute approximate surface area is 109 Å². The van der Waals surface area contributed by atoms with Crippen molar-refractivity contribution in [1.29, 1.82) is 0 Å². The van der Waals surface area contributed by atoms with Crippen molar-refractivity contribution in [2.75, 3.05) is 13.2 Å². The number of carbonyl (C=O) groups excluding carboxylic acids is 1. The highest BCUT2D eigenvalue weighted by Gasteiger charge is 2.16. The van der Waals surface area contributed by atoms with Crippen LogP contribution in [0.1, 0.15) is 18.9 Å². The lowest BCUT2D eigenvalue weighted by molar-refractivity contribution is -0.387. The maximum absolute atomic E-state index is 13.7. The molecule has 0 bridgehead atoms. The van der Waals surface area contributed by atoms with Gasteiger partial charge in [0.05, 0.1) is 18.0 Å². The molecular weight excluding hydrogens is 255 g/mol. The number of nitro benzene ring substituents is 1. The molecule has 0 saturated heterocycles. The third-order valence-corrected chi connectivity index (χ3v) is 2.38. The number of rotatable bonds is 7. The van der Waals surface area contributed by atoms with Crippen LogP contribution in [-0.4, -0.2) is 24.0 Å². The third-order valence-electron chi connectivity index (χ3n) is 2.38. The van der Waals surface area contributed by atoms with E-state index in [0.717, 1.165) is 6.07 Å². The Balaban J connectivity index is 2.48. The molecule has 104 valence electrons. The van der Waals surface area contributed by atoms with Crippen LogP contribution in [0.15, 0.2) is 18.2 Å². The summed E-state index contributed by atoms with van der Waals surface area (Å²) in [5.74, 6) is -1.19. The van der Waals surface area contributed by atoms with Gasteiger partial charge in [-0.15, -0.1) is 0 Å². The van der Waals surface area contributed by atoms with Crippen LogP contribution in [0.5, 0.6) is 0 Å². The van der Waals surface area contributed by atoms with Crippen LogP contribution in [0.2, 0.25) is 0 Å². The van der Waals surface area contributed by atoms with Crippen molar-refractivity contribution in [1.82, 2.24) is 5.32 Å². The van der Waals surface area contributed by atoms with Crippen molar-refractivity contribution in [3.05, 3.63) is 39.7 Å². The minimum Gasteiger partial charge on any atom is -0.466 e. The van der Waals surface area contributed by atoms with Gasteiger partial charge in [0, 0.05) is 24.7 Å². The van der Waals surface area contributed by atoms with Gasteiger partial charge >= 0.3 is 11.7 Å². The fourth-order valence-corrected chi connectivity index (χ4v) is 1.49. The van der Waals surface area contributed by atoms with E-state index in [2.05, 4.69) is 5.32 Å². The monoisotopic (exact) mass is 270 g/mol. The van der Waals surface area contributed by atoms with Gasteiger partial charge in [-0.05, 0) is 6.92 Å². The normalized spacial score (nSPS) is 10.2. The second kappa shape index (κ2) is 7.42. The molecule has 1 aromatic rings. The molecule has 0 fully saturated rings. The number of esters is 1. The molecule has 1 aromatic carbocycles. The Morgan fingerprint density at radius 2 is 2.26 bits per heavy atom. The topological polar surface area (TPSA) is 81.5 Å². The van der Waals surface area contributed by atoms with Crippen LogP contribution in [-0.2, 0) is 16.1 Å². The zero-order chi connectivity index (χ0) is 14.3. The SMILES string of the molecule is CCOC(=O)CCNCc1cccc([N+](=O)[O-])c1F. The predicted octanol–water partition coefficient (Wildman–Crippen LogP) is 1.78. The Morgan fingerprint density at radius 3 is 2.89 bits per heavy atom. The van der Waals surface area contributed by atoms with Gasteiger partial charge in [0.25, 0.3) is 0 Å². The van der Waals surface area contributed by atoms with Crippen molar-refractivity contribution in [2.24, 2.45) is 0 Å². The van der Waals surface area contributed by atoms with Crippen molar-refractivity contribution < 1.29 is 18.8 Å². The minimum atomic E-state index is -0.851. The van der Waals surface area contributed by atoms with E-state index in [1.165, 1.54) is 12.1 Å². The summed E-state index contributed by atoms with van der Waals surface area (Å²) in [4.78, 5) is 20.8. The van der Waals surface area contributed by atoms with Gasteiger partial charge in [-0.2, -0.15) is 4.39 Å². The van der Waals surface area contributed by atoms with Gasteiger partial charge in [0.2, 0.25) is 5.82 Å². The van der Waals surface area contributed by atoms with Crippen molar-refractivity contribution in [3.8, 4) is 0 Å². The van der Waals surface area contributed by atoms with E-state index < -0.39 is 16.4 Å². The summed E-state index contributed by atoms with van der Waals surface area (Å²) >= 11 is 0. The maximum atomic E-state index is 13.7. The van der Waals surface area contributed by atoms with Crippen LogP contribution in [0.3, 0.4) is 0 Å². The summed E-state index contributed by atoms with van der Waals surface area (Å²) in [6, 6.07) is 3.99. The second-order valence-electron chi connectivity index (χ2n) is 3.74. The fraction of sp³-hybridized carbons (Fsp3) is 0.417. The first-order chi connectivity index (χ1) is 9.06. The number of carbonyl (C=O) groups is 1. The Hall–Kier alpha value is -2.02. The highest BCUT2D eigenvalue weighted by molar-refractivity contribution is 5.69. The smallest absolute Gasteiger partial charge is 0.307 e. The van der Waals surface area contributed by atoms with Crippen LogP contribution in [0.25, 0.3) is 0 Å². The molecule has 1 N–H and O–H groups in total. The standard InChI is InChI=1S/C12H15FN2O4/c1-2-19-11(16)6-7-14-8-9-4-3-5-10(12(9)13)15(17)18/h3-5,14H,2,6-8H2,1H3. The van der Waals surface area contributed by atoms with Crippen LogP contribution >= 0.6 is 0 Å². The summed E-state index contributed by atoms with van der Waals surface area (Å²) in [6.07, 6.45) is 0.171. The molecule has 0 saturated carbocycles. The molecule has 6 nitrogen and oxygen atoms in total. The van der Waals surface area contributed by atoms with Gasteiger partial charge in [0.15, 0.2) is 0 Å². The van der Waals surface area contributed by atoms with Crippen LogP contribution < -0.4 is 5.32 Å². The van der Waals surface area contributed by atoms with Gasteiger partial charge in [-0.3, -0.25) is 14.9 Å². The van der Waals surface area contributed by atoms with E-state index in [4.69, 9.17) is 4.74 Å². The van der Waals surface area contributed by atoms with Crippen LogP contribution in [0.4, 0.5) is 10.1 Å². The molecule has 0 spiro atoms. The van der Waals surface area contributed by atoms with Gasteiger partial charge in [-0.1, -0.05) is 12.1 Å². The zero-order valence-electron chi connectivity index (χ0n) is 10.5. The molecule has 19 heavy (non-hydrogen) atoms. The number of hydrogen-bond donors (Lipinski definition) is 1. The summed E-state index contributed by atoms with van der Waals surface area (Å²) in [5, 5.41) is 13.4. The molecule has 0 amide bonds. The quantitative estimate of drug-likeness (QED) is 0.353. The first-order valence-corrected chi connectivity index (χ1v) is 5.84. The molecule has 0 atom stereocenters. The largest absolute Gasteiger partial charge is 0.466 e. The molecule has 0 aliphatic carbocycles. The highest BCUT2D eigenvalue weighted by Crippen LogP contribution is 2.19. The number of hydrogen-bond acceptors (Lipinski definition) is 5. The van der Waals surface area contributed by atoms with Crippen molar-refractivity contribution in [2.45, 2.75) is 19.9 Å². The van der Waals surface area contributed by atoms with Crippen molar-refractivity contribution in [3.63, 3.8) is 0 Å². The Morgan fingerprint density at radius 1 is 1.53 bits per heavy atom. The number of halogens is 1. The number of benzene rings is 1. The summed E-state index contributed by atoms with van der Waals surface area (Å²) in [5.41, 5.74) is -0.359. The van der Waals surface area contributed by atoms with E-state index in [1.54, 1.807) is 6.92 Å². The summed E-state index contributed by atoms with van der Waals surface area (Å²) in [6.45, 7) is 2.47. The summed E-state index contributed by atoms with van der Waals surface area (Å²) in [7, 11) is 0. The number of ether oxygens (including phenoxy) is 1. The lowest BCUT2D eigenvalue weighted by Crippen LogP contribution is -2.19. The molecule has 0 aliphatic rings. The van der Waals surface area contributed by atoms with E-state index >= 15 is 0 Å². The van der Waals surface area contributed by atoms with E-state index in [9.17, 15) is 19.3 Å². The minimum absolute atomic E-state index is 0.118. The number of nitrogens with one attached hydrogen (secondary N) is 1. The van der Waals surface area contributed by atoms with Gasteiger partial charge in [0.1, 0.15) is 0 Å². The lowest BCUT2D eigenvalue weighted by Gasteiger charge is -2.06. The average molecular weight is 270 g/mol. The molecule has 1 rings (SSSR count). The van der Waals surface area contributed by atoms with E-state index in [0.29, 0.717) is 13.2 Å². The summed E-state index contributed by atoms with van der Waals surface area (Å²) < 4.78 is 18.4. The zero-order valence-corrected chi connectivity index (χ0v) is 10.5. The lowest BCUT2D eigenvalue weighted by atomic mass is 10.2. The molecule has 0 unspecified atom stereocenters. The van der Waals surface area contributed by atoms with E-state index in [1.807, 2.05) is 0 Å². The third kappa shape index (κ3) is 4.63. The molecule has 0 heterocycles. The highest BCUT2D eigenvalue weighted by atomic mass is 19.1. The average Bonchev–Trinajstić information content (AvgIpc) is 2.36. The first-order valence-electron chi connectivity index (χ1n) is 5.84. The van der Waals surface area contributed by atoms with Gasteiger partial charge < -0.3 is 10.1 Å². The van der Waals surface area contributed by atoms with Gasteiger partial charge in [-0.25, -0.2) is 0 Å². The molecule has 0 aliphatic heterocycles. The Bertz CT molecular complexity index is 465. The number of nitro groups is 1. The fourth-order valence-electron chi connectivity index (χ4n) is 1.49. The molecule has 0 aromatic heterocycles. The van der Waals surface area contributed by atoms with Crippen molar-refractivity contribution >= 4 is 11.7 Å². The Kier molecular flexibility index (Phi) is 5.87. The molecule has 0 radical (unpaired) electrons. The maximum Gasteiger partial charge on any atom is 0.307 e. The number of nitrogens with zero attached hydrogens (tertiary/aromatic N) is 1. The van der Waals surface area contributed by atoms with E-state index in [-0.39, 0.29) is 24.5 Å². The second-order valence-corrected chi connectivity index (χ2v) is 3.74. The predicted molar refractivity (Wildman–Crippen MR) is 66.0 cm³/mol. The molecular formula is C12H15FN2O4.